The number of rotatable bonds is 5. The Balaban J connectivity index is 1.52. The van der Waals surface area contributed by atoms with Gasteiger partial charge in [-0.2, -0.15) is 0 Å². The minimum absolute atomic E-state index is 0.00441. The quantitative estimate of drug-likeness (QED) is 0.778. The van der Waals surface area contributed by atoms with E-state index in [0.29, 0.717) is 5.56 Å². The molecular formula is C18H25FN2O2. The second kappa shape index (κ2) is 7.99. The van der Waals surface area contributed by atoms with Gasteiger partial charge in [0.05, 0.1) is 13.2 Å². The van der Waals surface area contributed by atoms with Crippen LogP contribution < -0.4 is 0 Å². The number of halogens is 1. The highest BCUT2D eigenvalue weighted by Gasteiger charge is 2.27. The van der Waals surface area contributed by atoms with Crippen molar-refractivity contribution < 1.29 is 13.9 Å². The molecule has 2 heterocycles. The first-order valence-corrected chi connectivity index (χ1v) is 8.54. The van der Waals surface area contributed by atoms with Crippen molar-refractivity contribution in [1.82, 2.24) is 9.80 Å². The van der Waals surface area contributed by atoms with Crippen molar-refractivity contribution in [1.29, 1.82) is 0 Å². The van der Waals surface area contributed by atoms with E-state index in [2.05, 4.69) is 9.80 Å². The standard InChI is InChI=1S/C18H25FN2O2/c19-17-5-1-3-15(13-17)18(22)16-4-2-6-21(14-16)8-7-20-9-11-23-12-10-20/h1,3,5,13,16H,2,4,6-12,14H2. The van der Waals surface area contributed by atoms with Gasteiger partial charge in [-0.25, -0.2) is 4.39 Å². The summed E-state index contributed by atoms with van der Waals surface area (Å²) in [6.07, 6.45) is 1.94. The molecule has 1 aromatic rings. The fourth-order valence-electron chi connectivity index (χ4n) is 3.46. The molecule has 2 saturated heterocycles. The Morgan fingerprint density at radius 2 is 1.96 bits per heavy atom. The van der Waals surface area contributed by atoms with Crippen molar-refractivity contribution in [3.8, 4) is 0 Å². The number of carbonyl (C=O) groups excluding carboxylic acids is 1. The molecule has 0 aromatic heterocycles. The molecule has 1 atom stereocenters. The number of hydrogen-bond acceptors (Lipinski definition) is 4. The molecular weight excluding hydrogens is 295 g/mol. The molecule has 5 heteroatoms. The summed E-state index contributed by atoms with van der Waals surface area (Å²) < 4.78 is 18.7. The number of morpholine rings is 1. The van der Waals surface area contributed by atoms with Gasteiger partial charge >= 0.3 is 0 Å². The van der Waals surface area contributed by atoms with Crippen LogP contribution in [0.3, 0.4) is 0 Å². The Morgan fingerprint density at radius 3 is 2.74 bits per heavy atom. The molecule has 126 valence electrons. The largest absolute Gasteiger partial charge is 0.379 e. The Kier molecular flexibility index (Phi) is 5.75. The summed E-state index contributed by atoms with van der Waals surface area (Å²) in [6.45, 7) is 7.51. The molecule has 1 unspecified atom stereocenters. The van der Waals surface area contributed by atoms with Gasteiger partial charge in [0.1, 0.15) is 5.82 Å². The first kappa shape index (κ1) is 16.6. The van der Waals surface area contributed by atoms with Crippen LogP contribution in [0.4, 0.5) is 4.39 Å². The maximum Gasteiger partial charge on any atom is 0.167 e. The molecule has 0 aliphatic carbocycles. The van der Waals surface area contributed by atoms with Crippen LogP contribution in [0.25, 0.3) is 0 Å². The molecule has 0 bridgehead atoms. The summed E-state index contributed by atoms with van der Waals surface area (Å²) in [5, 5.41) is 0. The average Bonchev–Trinajstić information content (AvgIpc) is 2.60. The third-order valence-corrected chi connectivity index (χ3v) is 4.82. The number of Topliss-reactive ketones (excluding diaryl/α,β-unsaturated/α-hetero) is 1. The van der Waals surface area contributed by atoms with Gasteiger partial charge < -0.3 is 9.64 Å². The Morgan fingerprint density at radius 1 is 1.17 bits per heavy atom. The predicted molar refractivity (Wildman–Crippen MR) is 87.2 cm³/mol. The fourth-order valence-corrected chi connectivity index (χ4v) is 3.46. The lowest BCUT2D eigenvalue weighted by Crippen LogP contribution is -2.45. The topological polar surface area (TPSA) is 32.8 Å². The van der Waals surface area contributed by atoms with E-state index >= 15 is 0 Å². The third kappa shape index (κ3) is 4.59. The summed E-state index contributed by atoms with van der Waals surface area (Å²) in [4.78, 5) is 17.4. The van der Waals surface area contributed by atoms with Gasteiger partial charge in [0.15, 0.2) is 5.78 Å². The first-order chi connectivity index (χ1) is 11.2. The molecule has 3 rings (SSSR count). The average molecular weight is 320 g/mol. The summed E-state index contributed by atoms with van der Waals surface area (Å²) >= 11 is 0. The molecule has 0 spiro atoms. The molecule has 2 aliphatic rings. The van der Waals surface area contributed by atoms with E-state index in [9.17, 15) is 9.18 Å². The molecule has 0 saturated carbocycles. The van der Waals surface area contributed by atoms with E-state index in [4.69, 9.17) is 4.74 Å². The molecule has 0 N–H and O–H groups in total. The van der Waals surface area contributed by atoms with Crippen LogP contribution in [-0.4, -0.2) is 68.1 Å². The summed E-state index contributed by atoms with van der Waals surface area (Å²) in [5.74, 6) is -0.258. The molecule has 2 aliphatic heterocycles. The van der Waals surface area contributed by atoms with Gasteiger partial charge in [0.2, 0.25) is 0 Å². The highest BCUT2D eigenvalue weighted by atomic mass is 19.1. The van der Waals surface area contributed by atoms with Crippen molar-refractivity contribution in [3.63, 3.8) is 0 Å². The SMILES string of the molecule is O=C(c1cccc(F)c1)C1CCCN(CCN2CCOCC2)C1. The number of piperidine rings is 1. The minimum atomic E-state index is -0.337. The van der Waals surface area contributed by atoms with E-state index in [-0.39, 0.29) is 17.5 Å². The third-order valence-electron chi connectivity index (χ3n) is 4.82. The van der Waals surface area contributed by atoms with Gasteiger partial charge in [-0.3, -0.25) is 9.69 Å². The minimum Gasteiger partial charge on any atom is -0.379 e. The molecule has 2 fully saturated rings. The number of benzene rings is 1. The monoisotopic (exact) mass is 320 g/mol. The second-order valence-electron chi connectivity index (χ2n) is 6.47. The normalized spacial score (nSPS) is 23.8. The molecule has 0 amide bonds. The molecule has 1 aromatic carbocycles. The lowest BCUT2D eigenvalue weighted by atomic mass is 9.90. The lowest BCUT2D eigenvalue weighted by molar-refractivity contribution is 0.0308. The molecule has 0 radical (unpaired) electrons. The van der Waals surface area contributed by atoms with Crippen molar-refractivity contribution >= 4 is 5.78 Å². The summed E-state index contributed by atoms with van der Waals surface area (Å²) in [7, 11) is 0. The first-order valence-electron chi connectivity index (χ1n) is 8.54. The fraction of sp³-hybridized carbons (Fsp3) is 0.611. The number of likely N-dealkylation sites (tertiary alicyclic amines) is 1. The predicted octanol–water partition coefficient (Wildman–Crippen LogP) is 2.05. The smallest absolute Gasteiger partial charge is 0.167 e. The van der Waals surface area contributed by atoms with E-state index < -0.39 is 0 Å². The number of ether oxygens (including phenoxy) is 1. The van der Waals surface area contributed by atoms with Gasteiger partial charge in [-0.05, 0) is 31.5 Å². The van der Waals surface area contributed by atoms with Crippen LogP contribution in [0, 0.1) is 11.7 Å². The number of nitrogens with zero attached hydrogens (tertiary/aromatic N) is 2. The zero-order valence-corrected chi connectivity index (χ0v) is 13.5. The maximum absolute atomic E-state index is 13.3. The van der Waals surface area contributed by atoms with Gasteiger partial charge in [-0.1, -0.05) is 12.1 Å². The highest BCUT2D eigenvalue weighted by Crippen LogP contribution is 2.21. The summed E-state index contributed by atoms with van der Waals surface area (Å²) in [6, 6.07) is 6.07. The van der Waals surface area contributed by atoms with Crippen LogP contribution in [-0.2, 0) is 4.74 Å². The Bertz CT molecular complexity index is 532. The zero-order valence-electron chi connectivity index (χ0n) is 13.5. The van der Waals surface area contributed by atoms with Gasteiger partial charge in [0.25, 0.3) is 0 Å². The van der Waals surface area contributed by atoms with Gasteiger partial charge in [0, 0.05) is 44.2 Å². The van der Waals surface area contributed by atoms with Crippen LogP contribution in [0.15, 0.2) is 24.3 Å². The highest BCUT2D eigenvalue weighted by molar-refractivity contribution is 5.98. The van der Waals surface area contributed by atoms with E-state index in [0.717, 1.165) is 65.3 Å². The maximum atomic E-state index is 13.3. The van der Waals surface area contributed by atoms with Crippen LogP contribution in [0.1, 0.15) is 23.2 Å². The van der Waals surface area contributed by atoms with E-state index in [1.807, 2.05) is 0 Å². The number of hydrogen-bond donors (Lipinski definition) is 0. The zero-order chi connectivity index (χ0) is 16.1. The Labute approximate surface area is 137 Å². The van der Waals surface area contributed by atoms with E-state index in [1.165, 1.54) is 12.1 Å². The van der Waals surface area contributed by atoms with Crippen LogP contribution in [0.5, 0.6) is 0 Å². The van der Waals surface area contributed by atoms with Crippen LogP contribution >= 0.6 is 0 Å². The molecule has 23 heavy (non-hydrogen) atoms. The lowest BCUT2D eigenvalue weighted by Gasteiger charge is -2.34. The van der Waals surface area contributed by atoms with Crippen molar-refractivity contribution in [3.05, 3.63) is 35.6 Å². The van der Waals surface area contributed by atoms with Crippen molar-refractivity contribution in [2.75, 3.05) is 52.5 Å². The Hall–Kier alpha value is -1.30. The van der Waals surface area contributed by atoms with Crippen molar-refractivity contribution in [2.45, 2.75) is 12.8 Å². The van der Waals surface area contributed by atoms with E-state index in [1.54, 1.807) is 12.1 Å². The summed E-state index contributed by atoms with van der Waals surface area (Å²) in [5.41, 5.74) is 0.505. The van der Waals surface area contributed by atoms with Crippen molar-refractivity contribution in [2.24, 2.45) is 5.92 Å². The number of ketones is 1. The molecule has 4 nitrogen and oxygen atoms in total. The van der Waals surface area contributed by atoms with Crippen LogP contribution in [0.2, 0.25) is 0 Å². The number of carbonyl (C=O) groups is 1. The van der Waals surface area contributed by atoms with Gasteiger partial charge in [-0.15, -0.1) is 0 Å². The second-order valence-corrected chi connectivity index (χ2v) is 6.47.